The fourth-order valence-electron chi connectivity index (χ4n) is 3.25. The van der Waals surface area contributed by atoms with Gasteiger partial charge >= 0.3 is 5.97 Å². The van der Waals surface area contributed by atoms with Gasteiger partial charge in [-0.2, -0.15) is 4.72 Å². The molecule has 0 spiro atoms. The van der Waals surface area contributed by atoms with Crippen molar-refractivity contribution >= 4 is 21.9 Å². The van der Waals surface area contributed by atoms with E-state index in [0.29, 0.717) is 12.2 Å². The summed E-state index contributed by atoms with van der Waals surface area (Å²) in [5.41, 5.74) is 3.88. The quantitative estimate of drug-likeness (QED) is 0.511. The van der Waals surface area contributed by atoms with Crippen LogP contribution in [0.25, 0.3) is 0 Å². The number of sulfonamides is 1. The van der Waals surface area contributed by atoms with Crippen molar-refractivity contribution in [2.24, 2.45) is 5.73 Å². The van der Waals surface area contributed by atoms with Gasteiger partial charge in [0.2, 0.25) is 15.9 Å². The van der Waals surface area contributed by atoms with Crippen molar-refractivity contribution in [1.29, 1.82) is 0 Å². The average molecular weight is 452 g/mol. The first-order valence-corrected chi connectivity index (χ1v) is 10.8. The highest BCUT2D eigenvalue weighted by Gasteiger charge is 2.56. The Hall–Kier alpha value is -3.02. The molecule has 1 amide bonds. The van der Waals surface area contributed by atoms with E-state index in [9.17, 15) is 27.5 Å². The van der Waals surface area contributed by atoms with Crippen LogP contribution in [-0.2, 0) is 30.8 Å². The summed E-state index contributed by atoms with van der Waals surface area (Å²) in [4.78, 5) is 23.2. The van der Waals surface area contributed by atoms with Crippen LogP contribution in [-0.4, -0.2) is 50.3 Å². The number of hydrogen-bond acceptors (Lipinski definition) is 6. The number of carbonyl (C=O) groups is 2. The van der Waals surface area contributed by atoms with Gasteiger partial charge in [-0.3, -0.25) is 9.59 Å². The summed E-state index contributed by atoms with van der Waals surface area (Å²) in [6.45, 7) is 0.152. The number of carboxylic acids is 1. The lowest BCUT2D eigenvalue weighted by Gasteiger charge is -2.28. The minimum absolute atomic E-state index is 0.136. The maximum atomic E-state index is 12.9. The molecular formula is C20H21FN2O7S. The summed E-state index contributed by atoms with van der Waals surface area (Å²) in [5, 5.41) is 9.59. The standard InChI is InChI=1S/C20H21FN2O7S/c21-14-3-1-13(2-4-14)9-11-29-15-5-7-16(8-6-15)31(27,28)23-20(19(25)26)10-12-30-17(20)18(22)24/h1-8,17,23H,9-12H2,(H2,22,24)(H,25,26). The number of amides is 1. The van der Waals surface area contributed by atoms with Gasteiger partial charge < -0.3 is 20.3 Å². The van der Waals surface area contributed by atoms with Crippen LogP contribution in [0.2, 0.25) is 0 Å². The van der Waals surface area contributed by atoms with Gasteiger partial charge in [0.25, 0.3) is 0 Å². The van der Waals surface area contributed by atoms with E-state index < -0.39 is 33.5 Å². The fraction of sp³-hybridized carbons (Fsp3) is 0.300. The number of nitrogens with two attached hydrogens (primary N) is 1. The lowest BCUT2D eigenvalue weighted by molar-refractivity contribution is -0.150. The van der Waals surface area contributed by atoms with Gasteiger partial charge in [0.05, 0.1) is 18.1 Å². The van der Waals surface area contributed by atoms with Gasteiger partial charge in [0, 0.05) is 12.8 Å². The summed E-state index contributed by atoms with van der Waals surface area (Å²) in [5.74, 6) is -2.56. The van der Waals surface area contributed by atoms with Crippen molar-refractivity contribution in [3.8, 4) is 5.75 Å². The molecule has 3 rings (SSSR count). The SMILES string of the molecule is NC(=O)C1OCCC1(NS(=O)(=O)c1ccc(OCCc2ccc(F)cc2)cc1)C(=O)O. The van der Waals surface area contributed by atoms with E-state index in [-0.39, 0.29) is 30.3 Å². The number of ether oxygens (including phenoxy) is 2. The van der Waals surface area contributed by atoms with Crippen molar-refractivity contribution < 1.29 is 37.0 Å². The number of hydrogen-bond donors (Lipinski definition) is 3. The van der Waals surface area contributed by atoms with Gasteiger partial charge in [-0.25, -0.2) is 12.8 Å². The van der Waals surface area contributed by atoms with E-state index in [1.807, 2.05) is 0 Å². The van der Waals surface area contributed by atoms with Crippen LogP contribution in [0.3, 0.4) is 0 Å². The molecule has 1 aliphatic heterocycles. The molecule has 1 saturated heterocycles. The van der Waals surface area contributed by atoms with Gasteiger partial charge in [-0.1, -0.05) is 12.1 Å². The lowest BCUT2D eigenvalue weighted by Crippen LogP contribution is -2.62. The van der Waals surface area contributed by atoms with Crippen molar-refractivity contribution in [2.45, 2.75) is 29.4 Å². The van der Waals surface area contributed by atoms with Crippen LogP contribution in [0, 0.1) is 5.82 Å². The molecule has 11 heteroatoms. The predicted octanol–water partition coefficient (Wildman–Crippen LogP) is 0.823. The number of rotatable bonds is 9. The van der Waals surface area contributed by atoms with Crippen LogP contribution in [0.1, 0.15) is 12.0 Å². The molecule has 0 aliphatic carbocycles. The maximum absolute atomic E-state index is 12.9. The molecule has 1 heterocycles. The third-order valence-electron chi connectivity index (χ3n) is 4.89. The second-order valence-electron chi connectivity index (χ2n) is 6.98. The molecule has 0 aromatic heterocycles. The Morgan fingerprint density at radius 2 is 1.84 bits per heavy atom. The number of carboxylic acid groups (broad SMARTS) is 1. The first-order valence-electron chi connectivity index (χ1n) is 9.30. The zero-order valence-electron chi connectivity index (χ0n) is 16.3. The van der Waals surface area contributed by atoms with Crippen LogP contribution in [0.5, 0.6) is 5.75 Å². The summed E-state index contributed by atoms with van der Waals surface area (Å²) in [7, 11) is -4.31. The highest BCUT2D eigenvalue weighted by Crippen LogP contribution is 2.29. The molecule has 2 atom stereocenters. The minimum atomic E-state index is -4.31. The Labute approximate surface area is 178 Å². The normalized spacial score (nSPS) is 21.0. The average Bonchev–Trinajstić information content (AvgIpc) is 3.14. The molecule has 2 aromatic carbocycles. The third kappa shape index (κ3) is 5.01. The lowest BCUT2D eigenvalue weighted by atomic mass is 9.92. The van der Waals surface area contributed by atoms with E-state index in [2.05, 4.69) is 4.72 Å². The molecule has 0 saturated carbocycles. The molecule has 2 aromatic rings. The second kappa shape index (κ2) is 9.00. The first-order chi connectivity index (χ1) is 14.6. The highest BCUT2D eigenvalue weighted by atomic mass is 32.2. The number of carbonyl (C=O) groups excluding carboxylic acids is 1. The maximum Gasteiger partial charge on any atom is 0.328 e. The molecule has 0 radical (unpaired) electrons. The summed E-state index contributed by atoms with van der Waals surface area (Å²) in [6.07, 6.45) is -1.36. The highest BCUT2D eigenvalue weighted by molar-refractivity contribution is 7.89. The van der Waals surface area contributed by atoms with Crippen molar-refractivity contribution in [3.05, 3.63) is 59.9 Å². The van der Waals surface area contributed by atoms with Crippen molar-refractivity contribution in [2.75, 3.05) is 13.2 Å². The molecule has 166 valence electrons. The zero-order valence-corrected chi connectivity index (χ0v) is 17.1. The van der Waals surface area contributed by atoms with E-state index in [4.69, 9.17) is 15.2 Å². The Balaban J connectivity index is 1.68. The van der Waals surface area contributed by atoms with E-state index in [0.717, 1.165) is 5.56 Å². The molecule has 31 heavy (non-hydrogen) atoms. The molecule has 1 aliphatic rings. The first kappa shape index (κ1) is 22.7. The van der Waals surface area contributed by atoms with Crippen LogP contribution < -0.4 is 15.2 Å². The Morgan fingerprint density at radius 1 is 1.19 bits per heavy atom. The molecule has 1 fully saturated rings. The number of halogens is 1. The van der Waals surface area contributed by atoms with Gasteiger partial charge in [-0.05, 0) is 42.0 Å². The molecular weight excluding hydrogens is 431 g/mol. The number of nitrogens with one attached hydrogen (secondary N) is 1. The van der Waals surface area contributed by atoms with Crippen LogP contribution in [0.4, 0.5) is 4.39 Å². The van der Waals surface area contributed by atoms with Crippen molar-refractivity contribution in [1.82, 2.24) is 4.72 Å². The summed E-state index contributed by atoms with van der Waals surface area (Å²) >= 11 is 0. The van der Waals surface area contributed by atoms with Gasteiger partial charge in [-0.15, -0.1) is 0 Å². The minimum Gasteiger partial charge on any atom is -0.493 e. The molecule has 4 N–H and O–H groups in total. The molecule has 2 unspecified atom stereocenters. The zero-order chi connectivity index (χ0) is 22.6. The fourth-order valence-corrected chi connectivity index (χ4v) is 4.64. The van der Waals surface area contributed by atoms with Crippen molar-refractivity contribution in [3.63, 3.8) is 0 Å². The second-order valence-corrected chi connectivity index (χ2v) is 8.66. The number of benzene rings is 2. The predicted molar refractivity (Wildman–Crippen MR) is 106 cm³/mol. The number of primary amides is 1. The number of aliphatic carboxylic acids is 1. The van der Waals surface area contributed by atoms with Gasteiger partial charge in [0.15, 0.2) is 11.6 Å². The largest absolute Gasteiger partial charge is 0.493 e. The monoisotopic (exact) mass is 452 g/mol. The van der Waals surface area contributed by atoms with Crippen LogP contribution >= 0.6 is 0 Å². The van der Waals surface area contributed by atoms with Gasteiger partial charge in [0.1, 0.15) is 11.6 Å². The summed E-state index contributed by atoms with van der Waals surface area (Å²) in [6, 6.07) is 11.3. The molecule has 0 bridgehead atoms. The smallest absolute Gasteiger partial charge is 0.328 e. The molecule has 9 nitrogen and oxygen atoms in total. The Morgan fingerprint density at radius 3 is 2.42 bits per heavy atom. The van der Waals surface area contributed by atoms with E-state index in [1.165, 1.54) is 36.4 Å². The van der Waals surface area contributed by atoms with E-state index in [1.54, 1.807) is 12.1 Å². The Kier molecular flexibility index (Phi) is 6.58. The topological polar surface area (TPSA) is 145 Å². The Bertz CT molecular complexity index is 1060. The van der Waals surface area contributed by atoms with E-state index >= 15 is 0 Å². The van der Waals surface area contributed by atoms with Crippen LogP contribution in [0.15, 0.2) is 53.4 Å². The third-order valence-corrected chi connectivity index (χ3v) is 6.42. The summed E-state index contributed by atoms with van der Waals surface area (Å²) < 4.78 is 51.1.